The Morgan fingerprint density at radius 2 is 1.81 bits per heavy atom. The first-order valence-corrected chi connectivity index (χ1v) is 13.5. The predicted octanol–water partition coefficient (Wildman–Crippen LogP) is 7.96. The van der Waals surface area contributed by atoms with Gasteiger partial charge in [-0.25, -0.2) is 4.98 Å². The first kappa shape index (κ1) is 21.7. The highest BCUT2D eigenvalue weighted by Crippen LogP contribution is 2.41. The zero-order valence-electron chi connectivity index (χ0n) is 19.5. The van der Waals surface area contributed by atoms with Crippen LogP contribution in [0.5, 0.6) is 0 Å². The fourth-order valence-electron chi connectivity index (χ4n) is 5.52. The number of aryl methyl sites for hydroxylation is 2. The zero-order chi connectivity index (χ0) is 21.9. The average Bonchev–Trinajstić information content (AvgIpc) is 3.40. The molecule has 1 unspecified atom stereocenters. The van der Waals surface area contributed by atoms with Crippen LogP contribution in [0.4, 0.5) is 17.5 Å². The fraction of sp³-hybridized carbons (Fsp3) is 0.556. The Balaban J connectivity index is 1.42. The third kappa shape index (κ3) is 4.50. The van der Waals surface area contributed by atoms with Gasteiger partial charge in [0.2, 0.25) is 5.95 Å². The molecule has 0 aliphatic heterocycles. The number of nitrogens with one attached hydrogen (secondary N) is 2. The average molecular weight is 449 g/mol. The van der Waals surface area contributed by atoms with E-state index in [1.807, 2.05) is 11.3 Å². The summed E-state index contributed by atoms with van der Waals surface area (Å²) in [5, 5.41) is 8.62. The molecule has 3 aromatic rings. The van der Waals surface area contributed by atoms with Crippen LogP contribution in [0.2, 0.25) is 0 Å². The van der Waals surface area contributed by atoms with E-state index in [-0.39, 0.29) is 0 Å². The quantitative estimate of drug-likeness (QED) is 0.367. The Labute approximate surface area is 196 Å². The summed E-state index contributed by atoms with van der Waals surface area (Å²) in [6.07, 6.45) is 13.8. The van der Waals surface area contributed by atoms with Gasteiger partial charge in [-0.1, -0.05) is 51.7 Å². The van der Waals surface area contributed by atoms with Crippen molar-refractivity contribution in [2.24, 2.45) is 0 Å². The number of benzene rings is 1. The highest BCUT2D eigenvalue weighted by molar-refractivity contribution is 7.19. The van der Waals surface area contributed by atoms with Crippen molar-refractivity contribution < 1.29 is 0 Å². The molecule has 32 heavy (non-hydrogen) atoms. The topological polar surface area (TPSA) is 49.8 Å². The highest BCUT2D eigenvalue weighted by atomic mass is 32.1. The number of aromatic nitrogens is 2. The minimum Gasteiger partial charge on any atom is -0.367 e. The van der Waals surface area contributed by atoms with Crippen molar-refractivity contribution in [3.05, 3.63) is 40.3 Å². The number of fused-ring (bicyclic) bond motifs is 3. The molecule has 0 saturated heterocycles. The van der Waals surface area contributed by atoms with E-state index in [1.54, 1.807) is 0 Å². The molecule has 5 rings (SSSR count). The number of nitrogens with zero attached hydrogens (tertiary/aromatic N) is 2. The smallest absolute Gasteiger partial charge is 0.230 e. The standard InChI is InChI=1S/C27H36N4S/c1-3-9-18(4-2)19-14-16-21(17-15-19)29-27-30-25(28-20-10-6-5-7-11-20)24-22-12-8-13-23(22)32-26(24)31-27/h14-18,20H,3-13H2,1-2H3,(H2,28,29,30,31). The van der Waals surface area contributed by atoms with Gasteiger partial charge in [0, 0.05) is 16.6 Å². The minimum absolute atomic E-state index is 0.537. The van der Waals surface area contributed by atoms with E-state index in [9.17, 15) is 0 Å². The molecule has 1 fully saturated rings. The van der Waals surface area contributed by atoms with Crippen LogP contribution in [0.15, 0.2) is 24.3 Å². The van der Waals surface area contributed by atoms with Crippen LogP contribution in [0, 0.1) is 0 Å². The van der Waals surface area contributed by atoms with Gasteiger partial charge in [0.1, 0.15) is 10.6 Å². The van der Waals surface area contributed by atoms with Crippen molar-refractivity contribution in [1.29, 1.82) is 0 Å². The van der Waals surface area contributed by atoms with Crippen LogP contribution in [0.25, 0.3) is 10.2 Å². The summed E-state index contributed by atoms with van der Waals surface area (Å²) < 4.78 is 0. The number of thiophene rings is 1. The van der Waals surface area contributed by atoms with Crippen molar-refractivity contribution in [3.63, 3.8) is 0 Å². The van der Waals surface area contributed by atoms with Crippen LogP contribution in [-0.4, -0.2) is 16.0 Å². The number of anilines is 3. The Morgan fingerprint density at radius 1 is 1.00 bits per heavy atom. The lowest BCUT2D eigenvalue weighted by Gasteiger charge is -2.24. The normalized spacial score (nSPS) is 17.4. The van der Waals surface area contributed by atoms with E-state index < -0.39 is 0 Å². The molecular formula is C27H36N4S. The van der Waals surface area contributed by atoms with E-state index in [0.717, 1.165) is 16.3 Å². The van der Waals surface area contributed by atoms with E-state index in [1.165, 1.54) is 92.0 Å². The van der Waals surface area contributed by atoms with Crippen molar-refractivity contribution >= 4 is 39.0 Å². The lowest BCUT2D eigenvalue weighted by atomic mass is 9.92. The Morgan fingerprint density at radius 3 is 2.56 bits per heavy atom. The monoisotopic (exact) mass is 448 g/mol. The maximum atomic E-state index is 5.02. The van der Waals surface area contributed by atoms with Crippen molar-refractivity contribution in [1.82, 2.24) is 9.97 Å². The van der Waals surface area contributed by atoms with Crippen LogP contribution in [-0.2, 0) is 12.8 Å². The van der Waals surface area contributed by atoms with Gasteiger partial charge in [0.05, 0.1) is 5.39 Å². The molecule has 2 heterocycles. The first-order valence-electron chi connectivity index (χ1n) is 12.7. The molecular weight excluding hydrogens is 412 g/mol. The summed E-state index contributed by atoms with van der Waals surface area (Å²) >= 11 is 1.87. The van der Waals surface area contributed by atoms with Crippen LogP contribution < -0.4 is 10.6 Å². The lowest BCUT2D eigenvalue weighted by Crippen LogP contribution is -2.23. The summed E-state index contributed by atoms with van der Waals surface area (Å²) in [6, 6.07) is 9.45. The summed E-state index contributed by atoms with van der Waals surface area (Å²) in [5.74, 6) is 2.42. The molecule has 1 aromatic carbocycles. The molecule has 1 saturated carbocycles. The van der Waals surface area contributed by atoms with Gasteiger partial charge in [-0.2, -0.15) is 4.98 Å². The molecule has 4 nitrogen and oxygen atoms in total. The molecule has 170 valence electrons. The molecule has 2 aromatic heterocycles. The van der Waals surface area contributed by atoms with Gasteiger partial charge in [-0.3, -0.25) is 0 Å². The lowest BCUT2D eigenvalue weighted by molar-refractivity contribution is 0.462. The second-order valence-electron chi connectivity index (χ2n) is 9.55. The van der Waals surface area contributed by atoms with E-state index in [2.05, 4.69) is 48.7 Å². The van der Waals surface area contributed by atoms with E-state index in [0.29, 0.717) is 17.9 Å². The van der Waals surface area contributed by atoms with Gasteiger partial charge in [-0.05, 0) is 74.1 Å². The summed E-state index contributed by atoms with van der Waals surface area (Å²) in [5.41, 5.74) is 4.00. The Hall–Kier alpha value is -2.14. The van der Waals surface area contributed by atoms with Gasteiger partial charge in [0.15, 0.2) is 0 Å². The van der Waals surface area contributed by atoms with Gasteiger partial charge in [-0.15, -0.1) is 11.3 Å². The van der Waals surface area contributed by atoms with E-state index in [4.69, 9.17) is 9.97 Å². The van der Waals surface area contributed by atoms with Crippen LogP contribution in [0.1, 0.15) is 93.6 Å². The Bertz CT molecular complexity index is 1050. The molecule has 2 aliphatic rings. The second-order valence-corrected chi connectivity index (χ2v) is 10.6. The molecule has 1 atom stereocenters. The first-order chi connectivity index (χ1) is 15.7. The third-order valence-corrected chi connectivity index (χ3v) is 8.46. The minimum atomic E-state index is 0.537. The number of hydrogen-bond donors (Lipinski definition) is 2. The maximum absolute atomic E-state index is 5.02. The summed E-state index contributed by atoms with van der Waals surface area (Å²) in [6.45, 7) is 4.56. The zero-order valence-corrected chi connectivity index (χ0v) is 20.4. The van der Waals surface area contributed by atoms with Gasteiger partial charge < -0.3 is 10.6 Å². The second kappa shape index (κ2) is 9.78. The molecule has 0 amide bonds. The number of rotatable bonds is 8. The third-order valence-electron chi connectivity index (χ3n) is 7.28. The van der Waals surface area contributed by atoms with Crippen LogP contribution in [0.3, 0.4) is 0 Å². The van der Waals surface area contributed by atoms with Crippen molar-refractivity contribution in [3.8, 4) is 0 Å². The number of hydrogen-bond acceptors (Lipinski definition) is 5. The van der Waals surface area contributed by atoms with E-state index >= 15 is 0 Å². The molecule has 5 heteroatoms. The highest BCUT2D eigenvalue weighted by Gasteiger charge is 2.24. The molecule has 0 spiro atoms. The fourth-order valence-corrected chi connectivity index (χ4v) is 6.78. The van der Waals surface area contributed by atoms with Crippen molar-refractivity contribution in [2.45, 2.75) is 96.4 Å². The largest absolute Gasteiger partial charge is 0.367 e. The molecule has 0 bridgehead atoms. The maximum Gasteiger partial charge on any atom is 0.230 e. The molecule has 0 radical (unpaired) electrons. The van der Waals surface area contributed by atoms with Gasteiger partial charge in [0.25, 0.3) is 0 Å². The SMILES string of the molecule is CCCC(CC)c1ccc(Nc2nc(NC3CCCCC3)c3c4c(sc3n2)CCC4)cc1. The molecule has 2 aliphatic carbocycles. The van der Waals surface area contributed by atoms with Crippen molar-refractivity contribution in [2.75, 3.05) is 10.6 Å². The molecule has 2 N–H and O–H groups in total. The van der Waals surface area contributed by atoms with Crippen LogP contribution >= 0.6 is 11.3 Å². The summed E-state index contributed by atoms with van der Waals surface area (Å²) in [4.78, 5) is 12.6. The summed E-state index contributed by atoms with van der Waals surface area (Å²) in [7, 11) is 0. The Kier molecular flexibility index (Phi) is 6.63. The van der Waals surface area contributed by atoms with Gasteiger partial charge >= 0.3 is 0 Å². The predicted molar refractivity (Wildman–Crippen MR) is 138 cm³/mol.